The van der Waals surface area contributed by atoms with E-state index in [0.29, 0.717) is 0 Å². The van der Waals surface area contributed by atoms with Gasteiger partial charge in [-0.15, -0.1) is 0 Å². The molecule has 0 aliphatic heterocycles. The number of nitrogens with zero attached hydrogens (tertiary/aromatic N) is 1. The van der Waals surface area contributed by atoms with Gasteiger partial charge in [-0.05, 0) is 47.5 Å². The van der Waals surface area contributed by atoms with Gasteiger partial charge in [0.2, 0.25) is 0 Å². The molecule has 0 aromatic heterocycles. The Morgan fingerprint density at radius 3 is 1.62 bits per heavy atom. The molecule has 0 amide bonds. The van der Waals surface area contributed by atoms with Crippen molar-refractivity contribution in [1.29, 1.82) is 0 Å². The third-order valence-electron chi connectivity index (χ3n) is 2.67. The fraction of sp³-hybridized carbons (Fsp3) is 0.143. The van der Waals surface area contributed by atoms with E-state index in [1.807, 2.05) is 26.2 Å². The van der Waals surface area contributed by atoms with E-state index in [4.69, 9.17) is 0 Å². The van der Waals surface area contributed by atoms with Crippen LogP contribution in [0.2, 0.25) is 0 Å². The third kappa shape index (κ3) is 2.23. The van der Waals surface area contributed by atoms with Crippen molar-refractivity contribution in [2.75, 3.05) is 19.0 Å². The number of benzene rings is 2. The van der Waals surface area contributed by atoms with Crippen LogP contribution in [0.1, 0.15) is 0 Å². The van der Waals surface area contributed by atoms with E-state index in [1.165, 1.54) is 16.8 Å². The molecular formula is C14H17N2+. The van der Waals surface area contributed by atoms with E-state index < -0.39 is 0 Å². The van der Waals surface area contributed by atoms with Crippen LogP contribution in [-0.2, 0) is 0 Å². The minimum atomic E-state index is 1.05. The van der Waals surface area contributed by atoms with Crippen LogP contribution in [0, 0.1) is 0 Å². The van der Waals surface area contributed by atoms with Gasteiger partial charge in [-0.3, -0.25) is 0 Å². The first-order valence-electron chi connectivity index (χ1n) is 5.36. The zero-order valence-corrected chi connectivity index (χ0v) is 9.77. The monoisotopic (exact) mass is 213 g/mol. The van der Waals surface area contributed by atoms with Gasteiger partial charge >= 0.3 is 0 Å². The van der Waals surface area contributed by atoms with Crippen LogP contribution in [0.4, 0.5) is 11.4 Å². The Balaban J connectivity index is 2.31. The average Bonchev–Trinajstić information content (AvgIpc) is 2.30. The van der Waals surface area contributed by atoms with Crippen molar-refractivity contribution in [1.82, 2.24) is 0 Å². The van der Waals surface area contributed by atoms with Crippen LogP contribution >= 0.6 is 0 Å². The van der Waals surface area contributed by atoms with Gasteiger partial charge in [0.1, 0.15) is 5.69 Å². The van der Waals surface area contributed by atoms with Crippen LogP contribution in [0.5, 0.6) is 0 Å². The number of anilines is 1. The number of hydrogen-bond donors (Lipinski definition) is 1. The summed E-state index contributed by atoms with van der Waals surface area (Å²) < 4.78 is 0. The lowest BCUT2D eigenvalue weighted by Crippen LogP contribution is -2.39. The molecule has 0 radical (unpaired) electrons. The number of hydrogen-bond acceptors (Lipinski definition) is 1. The van der Waals surface area contributed by atoms with Gasteiger partial charge in [-0.25, -0.2) is 0 Å². The molecule has 0 heterocycles. The molecule has 0 aliphatic carbocycles. The van der Waals surface area contributed by atoms with Crippen LogP contribution in [-0.4, -0.2) is 14.1 Å². The summed E-state index contributed by atoms with van der Waals surface area (Å²) in [5.74, 6) is 0. The van der Waals surface area contributed by atoms with Gasteiger partial charge in [-0.1, -0.05) is 12.1 Å². The van der Waals surface area contributed by atoms with E-state index >= 15 is 0 Å². The van der Waals surface area contributed by atoms with Crippen LogP contribution in [0.15, 0.2) is 48.5 Å². The fourth-order valence-corrected chi connectivity index (χ4v) is 1.65. The molecule has 0 fully saturated rings. The highest BCUT2D eigenvalue weighted by Gasteiger charge is 1.99. The summed E-state index contributed by atoms with van der Waals surface area (Å²) in [5.41, 5.74) is 8.63. The predicted molar refractivity (Wildman–Crippen MR) is 68.8 cm³/mol. The van der Waals surface area contributed by atoms with E-state index in [-0.39, 0.29) is 0 Å². The lowest BCUT2D eigenvalue weighted by molar-refractivity contribution is -0.254. The summed E-state index contributed by atoms with van der Waals surface area (Å²) in [6.07, 6.45) is 0. The summed E-state index contributed by atoms with van der Waals surface area (Å²) in [5, 5.41) is 0. The van der Waals surface area contributed by atoms with E-state index in [9.17, 15) is 0 Å². The van der Waals surface area contributed by atoms with Crippen LogP contribution in [0.3, 0.4) is 0 Å². The molecule has 0 saturated heterocycles. The average molecular weight is 213 g/mol. The first-order valence-corrected chi connectivity index (χ1v) is 5.36. The molecule has 2 nitrogen and oxygen atoms in total. The van der Waals surface area contributed by atoms with Crippen molar-refractivity contribution in [3.63, 3.8) is 0 Å². The Morgan fingerprint density at radius 1 is 0.750 bits per heavy atom. The lowest BCUT2D eigenvalue weighted by Gasteiger charge is -2.12. The first kappa shape index (κ1) is 10.7. The molecule has 0 bridgehead atoms. The first-order chi connectivity index (χ1) is 7.66. The minimum Gasteiger partial charge on any atom is -0.378 e. The van der Waals surface area contributed by atoms with Crippen molar-refractivity contribution >= 4 is 11.4 Å². The zero-order valence-electron chi connectivity index (χ0n) is 9.77. The smallest absolute Gasteiger partial charge is 0.127 e. The van der Waals surface area contributed by atoms with Crippen molar-refractivity contribution in [2.24, 2.45) is 0 Å². The molecular weight excluding hydrogens is 196 g/mol. The minimum absolute atomic E-state index is 1.05. The van der Waals surface area contributed by atoms with Gasteiger partial charge in [0.15, 0.2) is 0 Å². The third-order valence-corrected chi connectivity index (χ3v) is 2.67. The van der Waals surface area contributed by atoms with Gasteiger partial charge in [0.05, 0.1) is 0 Å². The van der Waals surface area contributed by atoms with E-state index in [2.05, 4.69) is 47.0 Å². The molecule has 2 aromatic rings. The molecule has 2 heteroatoms. The molecule has 2 aromatic carbocycles. The van der Waals surface area contributed by atoms with Gasteiger partial charge in [0, 0.05) is 19.8 Å². The summed E-state index contributed by atoms with van der Waals surface area (Å²) in [6.45, 7) is 0. The molecule has 0 atom stereocenters. The second-order valence-corrected chi connectivity index (χ2v) is 4.14. The van der Waals surface area contributed by atoms with Crippen molar-refractivity contribution in [3.05, 3.63) is 48.5 Å². The second kappa shape index (κ2) is 4.37. The Morgan fingerprint density at radius 2 is 1.19 bits per heavy atom. The Hall–Kier alpha value is -1.80. The van der Waals surface area contributed by atoms with E-state index in [1.54, 1.807) is 0 Å². The summed E-state index contributed by atoms with van der Waals surface area (Å²) in [6, 6.07) is 16.8. The number of quaternary nitrogens is 1. The predicted octanol–water partition coefficient (Wildman–Crippen LogP) is 2.29. The summed E-state index contributed by atoms with van der Waals surface area (Å²) >= 11 is 0. The summed E-state index contributed by atoms with van der Waals surface area (Å²) in [4.78, 5) is 2.10. The Kier molecular flexibility index (Phi) is 2.93. The largest absolute Gasteiger partial charge is 0.378 e. The van der Waals surface area contributed by atoms with Gasteiger partial charge < -0.3 is 10.6 Å². The quantitative estimate of drug-likeness (QED) is 0.815. The maximum absolute atomic E-state index is 3.89. The normalized spacial score (nSPS) is 10.2. The van der Waals surface area contributed by atoms with Crippen molar-refractivity contribution in [3.8, 4) is 11.1 Å². The molecule has 3 N–H and O–H groups in total. The molecule has 2 rings (SSSR count). The maximum Gasteiger partial charge on any atom is 0.127 e. The van der Waals surface area contributed by atoms with Gasteiger partial charge in [-0.2, -0.15) is 0 Å². The standard InChI is InChI=1S/C14H16N2/c1-16(2)14-9-5-12(6-10-14)11-3-7-13(15)8-4-11/h3-10H,15H2,1-2H3/p+1. The molecule has 0 unspecified atom stereocenters. The highest BCUT2D eigenvalue weighted by molar-refractivity contribution is 5.67. The SMILES string of the molecule is CN(C)c1ccc(-c2ccc([NH3+])cc2)cc1. The molecule has 82 valence electrons. The molecule has 16 heavy (non-hydrogen) atoms. The Bertz CT molecular complexity index is 455. The lowest BCUT2D eigenvalue weighted by atomic mass is 10.1. The zero-order chi connectivity index (χ0) is 11.5. The fourth-order valence-electron chi connectivity index (χ4n) is 1.65. The number of rotatable bonds is 2. The summed E-state index contributed by atoms with van der Waals surface area (Å²) in [7, 11) is 4.10. The molecule has 0 spiro atoms. The van der Waals surface area contributed by atoms with E-state index in [0.717, 1.165) is 5.69 Å². The highest BCUT2D eigenvalue weighted by atomic mass is 15.1. The molecule has 0 aliphatic rings. The maximum atomic E-state index is 3.89. The van der Waals surface area contributed by atoms with Crippen LogP contribution < -0.4 is 10.6 Å². The van der Waals surface area contributed by atoms with Crippen molar-refractivity contribution in [2.45, 2.75) is 0 Å². The van der Waals surface area contributed by atoms with Crippen LogP contribution in [0.25, 0.3) is 11.1 Å². The highest BCUT2D eigenvalue weighted by Crippen LogP contribution is 2.22. The van der Waals surface area contributed by atoms with Crippen molar-refractivity contribution < 1.29 is 5.73 Å². The topological polar surface area (TPSA) is 30.9 Å². The Labute approximate surface area is 96.3 Å². The van der Waals surface area contributed by atoms with Gasteiger partial charge in [0.25, 0.3) is 0 Å². The second-order valence-electron chi connectivity index (χ2n) is 4.14. The molecule has 0 saturated carbocycles.